The lowest BCUT2D eigenvalue weighted by Gasteiger charge is -2.26. The van der Waals surface area contributed by atoms with Crippen molar-refractivity contribution < 1.29 is 4.42 Å². The van der Waals surface area contributed by atoms with E-state index < -0.39 is 0 Å². The Bertz CT molecular complexity index is 3210. The maximum absolute atomic E-state index is 6.46. The summed E-state index contributed by atoms with van der Waals surface area (Å²) < 4.78 is 6.46. The van der Waals surface area contributed by atoms with Crippen LogP contribution < -0.4 is 4.90 Å². The van der Waals surface area contributed by atoms with Crippen LogP contribution in [0.15, 0.2) is 199 Å². The summed E-state index contributed by atoms with van der Waals surface area (Å²) in [5.74, 6) is 0. The van der Waals surface area contributed by atoms with Gasteiger partial charge in [0.15, 0.2) is 0 Å². The molecule has 0 atom stereocenters. The fraction of sp³-hybridized carbons (Fsp3) is 0. The third-order valence-corrected chi connectivity index (χ3v) is 10.8. The normalized spacial score (nSPS) is 11.7. The molecular weight excluding hydrogens is 657 g/mol. The summed E-state index contributed by atoms with van der Waals surface area (Å²) in [6.07, 6.45) is 0. The molecule has 0 aliphatic rings. The maximum atomic E-state index is 6.46. The molecule has 0 radical (unpaired) electrons. The molecule has 0 bridgehead atoms. The summed E-state index contributed by atoms with van der Waals surface area (Å²) in [7, 11) is 0. The van der Waals surface area contributed by atoms with Crippen LogP contribution in [0.3, 0.4) is 0 Å². The number of hydrogen-bond acceptors (Lipinski definition) is 3. The van der Waals surface area contributed by atoms with Crippen molar-refractivity contribution >= 4 is 82.4 Å². The van der Waals surface area contributed by atoms with Gasteiger partial charge in [0, 0.05) is 39.3 Å². The van der Waals surface area contributed by atoms with Gasteiger partial charge in [0.05, 0.1) is 5.52 Å². The molecule has 0 spiro atoms. The van der Waals surface area contributed by atoms with Crippen LogP contribution in [0.2, 0.25) is 0 Å². The van der Waals surface area contributed by atoms with Gasteiger partial charge in [-0.15, -0.1) is 0 Å². The first kappa shape index (κ1) is 30.4. The Morgan fingerprint density at radius 1 is 0.352 bits per heavy atom. The van der Waals surface area contributed by atoms with Crippen molar-refractivity contribution in [1.82, 2.24) is 4.98 Å². The monoisotopic (exact) mass is 688 g/mol. The molecular formula is C51H32N2O. The van der Waals surface area contributed by atoms with Gasteiger partial charge in [-0.3, -0.25) is 0 Å². The minimum absolute atomic E-state index is 0.652. The molecule has 252 valence electrons. The molecule has 11 aromatic rings. The second-order valence-corrected chi connectivity index (χ2v) is 14.0. The van der Waals surface area contributed by atoms with Crippen molar-refractivity contribution in [2.45, 2.75) is 0 Å². The number of rotatable bonds is 5. The van der Waals surface area contributed by atoms with Crippen molar-refractivity contribution in [3.8, 4) is 22.3 Å². The number of anilines is 3. The number of hydrogen-bond donors (Lipinski definition) is 0. The van der Waals surface area contributed by atoms with Gasteiger partial charge in [-0.2, -0.15) is 0 Å². The van der Waals surface area contributed by atoms with E-state index in [0.717, 1.165) is 44.3 Å². The van der Waals surface area contributed by atoms with Crippen LogP contribution in [-0.2, 0) is 0 Å². The summed E-state index contributed by atoms with van der Waals surface area (Å²) in [5.41, 5.74) is 10.3. The Morgan fingerprint density at radius 2 is 0.944 bits per heavy atom. The molecule has 9 aromatic carbocycles. The third kappa shape index (κ3) is 4.94. The Morgan fingerprint density at radius 3 is 1.72 bits per heavy atom. The van der Waals surface area contributed by atoms with E-state index in [1.807, 2.05) is 18.2 Å². The lowest BCUT2D eigenvalue weighted by molar-refractivity contribution is 0.656. The average Bonchev–Trinajstić information content (AvgIpc) is 3.59. The number of furan rings is 1. The summed E-state index contributed by atoms with van der Waals surface area (Å²) in [6.45, 7) is 0. The minimum Gasteiger partial charge on any atom is -0.438 e. The van der Waals surface area contributed by atoms with Crippen LogP contribution in [0.5, 0.6) is 0 Å². The fourth-order valence-electron chi connectivity index (χ4n) is 8.23. The third-order valence-electron chi connectivity index (χ3n) is 10.8. The van der Waals surface area contributed by atoms with E-state index in [4.69, 9.17) is 9.40 Å². The van der Waals surface area contributed by atoms with Crippen LogP contribution in [0, 0.1) is 0 Å². The second kappa shape index (κ2) is 12.2. The van der Waals surface area contributed by atoms with Gasteiger partial charge in [0.25, 0.3) is 0 Å². The highest BCUT2D eigenvalue weighted by atomic mass is 16.3. The van der Waals surface area contributed by atoms with E-state index in [1.165, 1.54) is 54.6 Å². The standard InChI is InChI=1S/C51H32N2O/c1-4-14-41-33(10-1)13-9-18-42(41)34-20-24-38(25-21-34)53(40-28-29-46-48-31-37-12-3-8-19-49(37)52-51(48)54-50(46)32-40)39-26-22-35(23-27-39)47-30-36-11-2-5-15-43(36)44-16-6-7-17-45(44)47/h1-32H. The summed E-state index contributed by atoms with van der Waals surface area (Å²) >= 11 is 0. The lowest BCUT2D eigenvalue weighted by atomic mass is 9.93. The number of para-hydroxylation sites is 1. The molecule has 0 aliphatic heterocycles. The molecule has 0 saturated carbocycles. The van der Waals surface area contributed by atoms with Crippen molar-refractivity contribution in [3.63, 3.8) is 0 Å². The quantitative estimate of drug-likeness (QED) is 0.169. The molecule has 3 nitrogen and oxygen atoms in total. The number of benzene rings is 9. The van der Waals surface area contributed by atoms with Crippen molar-refractivity contribution in [2.24, 2.45) is 0 Å². The minimum atomic E-state index is 0.652. The van der Waals surface area contributed by atoms with Gasteiger partial charge in [-0.1, -0.05) is 133 Å². The van der Waals surface area contributed by atoms with Crippen LogP contribution in [0.4, 0.5) is 17.1 Å². The van der Waals surface area contributed by atoms with Crippen molar-refractivity contribution in [1.29, 1.82) is 0 Å². The zero-order valence-electron chi connectivity index (χ0n) is 29.3. The summed E-state index contributed by atoms with van der Waals surface area (Å²) in [4.78, 5) is 7.18. The Balaban J connectivity index is 1.05. The van der Waals surface area contributed by atoms with Gasteiger partial charge in [-0.05, 0) is 109 Å². The first-order valence-electron chi connectivity index (χ1n) is 18.4. The molecule has 0 saturated heterocycles. The predicted molar refractivity (Wildman–Crippen MR) is 227 cm³/mol. The average molecular weight is 689 g/mol. The molecule has 0 unspecified atom stereocenters. The molecule has 2 heterocycles. The van der Waals surface area contributed by atoms with Gasteiger partial charge in [-0.25, -0.2) is 4.98 Å². The van der Waals surface area contributed by atoms with E-state index in [2.05, 4.69) is 181 Å². The van der Waals surface area contributed by atoms with Crippen LogP contribution in [0.25, 0.3) is 87.5 Å². The molecule has 11 rings (SSSR count). The molecule has 0 aliphatic carbocycles. The van der Waals surface area contributed by atoms with E-state index in [-0.39, 0.29) is 0 Å². The van der Waals surface area contributed by atoms with Gasteiger partial charge >= 0.3 is 0 Å². The Kier molecular flexibility index (Phi) is 6.86. The highest BCUT2D eigenvalue weighted by Crippen LogP contribution is 2.42. The SMILES string of the molecule is c1ccc2nc3oc4cc(N(c5ccc(-c6cccc7ccccc67)cc5)c5ccc(-c6cc7ccccc7c7ccccc67)cc5)ccc4c3cc2c1. The first-order chi connectivity index (χ1) is 26.7. The van der Waals surface area contributed by atoms with E-state index >= 15 is 0 Å². The summed E-state index contributed by atoms with van der Waals surface area (Å²) in [5, 5.41) is 10.7. The van der Waals surface area contributed by atoms with E-state index in [9.17, 15) is 0 Å². The molecule has 0 N–H and O–H groups in total. The first-order valence-corrected chi connectivity index (χ1v) is 18.4. The molecule has 0 fully saturated rings. The van der Waals surface area contributed by atoms with Crippen LogP contribution in [-0.4, -0.2) is 4.98 Å². The zero-order chi connectivity index (χ0) is 35.6. The van der Waals surface area contributed by atoms with Gasteiger partial charge < -0.3 is 9.32 Å². The zero-order valence-corrected chi connectivity index (χ0v) is 29.3. The highest BCUT2D eigenvalue weighted by molar-refractivity contribution is 6.14. The van der Waals surface area contributed by atoms with E-state index in [1.54, 1.807) is 0 Å². The maximum Gasteiger partial charge on any atom is 0.227 e. The van der Waals surface area contributed by atoms with Crippen LogP contribution >= 0.6 is 0 Å². The van der Waals surface area contributed by atoms with Crippen molar-refractivity contribution in [2.75, 3.05) is 4.90 Å². The molecule has 54 heavy (non-hydrogen) atoms. The summed E-state index contributed by atoms with van der Waals surface area (Å²) in [6, 6.07) is 69.5. The highest BCUT2D eigenvalue weighted by Gasteiger charge is 2.18. The van der Waals surface area contributed by atoms with Crippen LogP contribution in [0.1, 0.15) is 0 Å². The molecule has 2 aromatic heterocycles. The lowest BCUT2D eigenvalue weighted by Crippen LogP contribution is -2.09. The Hall–Kier alpha value is -7.23. The Labute approximate surface area is 312 Å². The van der Waals surface area contributed by atoms with E-state index in [0.29, 0.717) is 5.71 Å². The second-order valence-electron chi connectivity index (χ2n) is 14.0. The largest absolute Gasteiger partial charge is 0.438 e. The number of aromatic nitrogens is 1. The van der Waals surface area contributed by atoms with Gasteiger partial charge in [0.1, 0.15) is 5.58 Å². The fourth-order valence-corrected chi connectivity index (χ4v) is 8.23. The van der Waals surface area contributed by atoms with Gasteiger partial charge in [0.2, 0.25) is 5.71 Å². The van der Waals surface area contributed by atoms with Crippen molar-refractivity contribution in [3.05, 3.63) is 194 Å². The molecule has 0 amide bonds. The predicted octanol–water partition coefficient (Wildman–Crippen LogP) is 14.4. The number of fused-ring (bicyclic) bond motifs is 8. The smallest absolute Gasteiger partial charge is 0.227 e. The topological polar surface area (TPSA) is 29.3 Å². The molecule has 3 heteroatoms. The number of nitrogens with zero attached hydrogens (tertiary/aromatic N) is 2. The number of pyridine rings is 1.